The molecule has 138 valence electrons. The van der Waals surface area contributed by atoms with Crippen LogP contribution in [0.3, 0.4) is 0 Å². The molecule has 0 unspecified atom stereocenters. The first kappa shape index (κ1) is 19.7. The molecule has 0 saturated heterocycles. The topological polar surface area (TPSA) is 83.6 Å². The van der Waals surface area contributed by atoms with Crippen molar-refractivity contribution >= 4 is 22.6 Å². The molecule has 0 aliphatic heterocycles. The minimum absolute atomic E-state index is 0.249. The Morgan fingerprint density at radius 1 is 1.19 bits per heavy atom. The van der Waals surface area contributed by atoms with Gasteiger partial charge in [-0.2, -0.15) is 0 Å². The molecule has 0 bridgehead atoms. The van der Waals surface area contributed by atoms with Gasteiger partial charge < -0.3 is 15.7 Å². The second-order valence-electron chi connectivity index (χ2n) is 7.28. The van der Waals surface area contributed by atoms with Crippen LogP contribution < -0.4 is 5.73 Å². The van der Waals surface area contributed by atoms with E-state index < -0.39 is 17.6 Å². The molecule has 26 heavy (non-hydrogen) atoms. The predicted molar refractivity (Wildman–Crippen MR) is 104 cm³/mol. The molecule has 1 atom stereocenters. The molecule has 0 heterocycles. The maximum atomic E-state index is 12.3. The van der Waals surface area contributed by atoms with Crippen LogP contribution in [0.4, 0.5) is 0 Å². The fourth-order valence-corrected chi connectivity index (χ4v) is 2.71. The van der Waals surface area contributed by atoms with Crippen molar-refractivity contribution in [1.29, 1.82) is 0 Å². The number of hydrogen-bond acceptors (Lipinski definition) is 3. The van der Waals surface area contributed by atoms with Crippen molar-refractivity contribution < 1.29 is 14.7 Å². The molecule has 0 aromatic heterocycles. The summed E-state index contributed by atoms with van der Waals surface area (Å²) in [7, 11) is 1.51. The van der Waals surface area contributed by atoms with E-state index in [1.807, 2.05) is 56.3 Å². The lowest BCUT2D eigenvalue weighted by Crippen LogP contribution is -2.43. The zero-order chi connectivity index (χ0) is 19.3. The van der Waals surface area contributed by atoms with Gasteiger partial charge in [0.1, 0.15) is 6.04 Å². The van der Waals surface area contributed by atoms with E-state index in [0.717, 1.165) is 16.3 Å². The van der Waals surface area contributed by atoms with Crippen LogP contribution in [0, 0.1) is 0 Å². The first-order valence-corrected chi connectivity index (χ1v) is 8.60. The standard InChI is InChI=1S/C21H26N2O3/c1-21(2,22)12-6-9-19(24)23(3)18(20(25)26)14-15-10-11-16-7-4-5-8-17(16)13-15/h4-11,13,18H,12,14,22H2,1-3H3,(H,25,26)/b9-6+/t18-/m1/s1. The van der Waals surface area contributed by atoms with E-state index >= 15 is 0 Å². The van der Waals surface area contributed by atoms with Crippen molar-refractivity contribution in [2.24, 2.45) is 5.73 Å². The van der Waals surface area contributed by atoms with Gasteiger partial charge in [0.2, 0.25) is 5.91 Å². The van der Waals surface area contributed by atoms with Crippen LogP contribution in [0.5, 0.6) is 0 Å². The first-order valence-electron chi connectivity index (χ1n) is 8.60. The summed E-state index contributed by atoms with van der Waals surface area (Å²) in [6.45, 7) is 3.73. The average Bonchev–Trinajstić information content (AvgIpc) is 2.57. The van der Waals surface area contributed by atoms with Crippen molar-refractivity contribution in [3.63, 3.8) is 0 Å². The minimum atomic E-state index is -1.03. The van der Waals surface area contributed by atoms with Crippen molar-refractivity contribution in [2.75, 3.05) is 7.05 Å². The highest BCUT2D eigenvalue weighted by atomic mass is 16.4. The zero-order valence-electron chi connectivity index (χ0n) is 15.5. The number of rotatable bonds is 7. The number of carbonyl (C=O) groups excluding carboxylic acids is 1. The fourth-order valence-electron chi connectivity index (χ4n) is 2.71. The second-order valence-corrected chi connectivity index (χ2v) is 7.28. The largest absolute Gasteiger partial charge is 0.480 e. The van der Waals surface area contributed by atoms with Crippen molar-refractivity contribution in [1.82, 2.24) is 4.90 Å². The monoisotopic (exact) mass is 354 g/mol. The van der Waals surface area contributed by atoms with Crippen LogP contribution >= 0.6 is 0 Å². The van der Waals surface area contributed by atoms with Gasteiger partial charge in [0.25, 0.3) is 0 Å². The Labute approximate surface area is 154 Å². The van der Waals surface area contributed by atoms with E-state index in [1.165, 1.54) is 18.0 Å². The van der Waals surface area contributed by atoms with Gasteiger partial charge in [-0.1, -0.05) is 48.5 Å². The average molecular weight is 354 g/mol. The third kappa shape index (κ3) is 5.43. The first-order chi connectivity index (χ1) is 12.2. The Balaban J connectivity index is 2.13. The molecule has 2 aromatic carbocycles. The van der Waals surface area contributed by atoms with Crippen molar-refractivity contribution in [2.45, 2.75) is 38.3 Å². The summed E-state index contributed by atoms with van der Waals surface area (Å²) in [6, 6.07) is 12.8. The molecule has 0 fully saturated rings. The number of benzene rings is 2. The van der Waals surface area contributed by atoms with Crippen LogP contribution in [0.15, 0.2) is 54.6 Å². The summed E-state index contributed by atoms with van der Waals surface area (Å²) in [6.07, 6.45) is 3.87. The Kier molecular flexibility index (Phi) is 6.16. The fraction of sp³-hybridized carbons (Fsp3) is 0.333. The van der Waals surface area contributed by atoms with Gasteiger partial charge in [-0.25, -0.2) is 4.79 Å². The summed E-state index contributed by atoms with van der Waals surface area (Å²) >= 11 is 0. The third-order valence-electron chi connectivity index (χ3n) is 4.25. The quantitative estimate of drug-likeness (QED) is 0.749. The molecule has 2 rings (SSSR count). The van der Waals surface area contributed by atoms with Crippen LogP contribution in [0.2, 0.25) is 0 Å². The highest BCUT2D eigenvalue weighted by Gasteiger charge is 2.25. The molecule has 0 radical (unpaired) electrons. The Morgan fingerprint density at radius 3 is 2.46 bits per heavy atom. The number of amides is 1. The molecule has 0 saturated carbocycles. The zero-order valence-corrected chi connectivity index (χ0v) is 15.5. The number of nitrogens with zero attached hydrogens (tertiary/aromatic N) is 1. The van der Waals surface area contributed by atoms with Gasteiger partial charge in [0.15, 0.2) is 0 Å². The Hall–Kier alpha value is -2.66. The van der Waals surface area contributed by atoms with E-state index in [1.54, 1.807) is 6.08 Å². The summed E-state index contributed by atoms with van der Waals surface area (Å²) < 4.78 is 0. The number of nitrogens with two attached hydrogens (primary N) is 1. The lowest BCUT2D eigenvalue weighted by Gasteiger charge is -2.24. The molecule has 5 nitrogen and oxygen atoms in total. The molecule has 3 N–H and O–H groups in total. The van der Waals surface area contributed by atoms with E-state index in [9.17, 15) is 14.7 Å². The lowest BCUT2D eigenvalue weighted by atomic mass is 10.0. The molecular weight excluding hydrogens is 328 g/mol. The third-order valence-corrected chi connectivity index (χ3v) is 4.25. The van der Waals surface area contributed by atoms with Crippen LogP contribution in [-0.4, -0.2) is 40.5 Å². The van der Waals surface area contributed by atoms with Gasteiger partial charge in [0, 0.05) is 19.0 Å². The number of hydrogen-bond donors (Lipinski definition) is 2. The van der Waals surface area contributed by atoms with Crippen LogP contribution in [0.25, 0.3) is 10.8 Å². The highest BCUT2D eigenvalue weighted by molar-refractivity contribution is 5.91. The van der Waals surface area contributed by atoms with Crippen molar-refractivity contribution in [3.8, 4) is 0 Å². The Bertz CT molecular complexity index is 821. The lowest BCUT2D eigenvalue weighted by molar-refractivity contribution is -0.147. The molecule has 0 aliphatic rings. The second kappa shape index (κ2) is 8.15. The van der Waals surface area contributed by atoms with E-state index in [-0.39, 0.29) is 12.3 Å². The Morgan fingerprint density at radius 2 is 1.85 bits per heavy atom. The van der Waals surface area contributed by atoms with Gasteiger partial charge in [-0.15, -0.1) is 0 Å². The minimum Gasteiger partial charge on any atom is -0.480 e. The molecular formula is C21H26N2O3. The van der Waals surface area contributed by atoms with E-state index in [0.29, 0.717) is 6.42 Å². The van der Waals surface area contributed by atoms with Crippen LogP contribution in [-0.2, 0) is 16.0 Å². The molecule has 5 heteroatoms. The summed E-state index contributed by atoms with van der Waals surface area (Å²) in [5.41, 5.74) is 6.35. The molecule has 2 aromatic rings. The molecule has 0 spiro atoms. The number of carbonyl (C=O) groups is 2. The van der Waals surface area contributed by atoms with E-state index in [4.69, 9.17) is 5.73 Å². The normalized spacial score (nSPS) is 13.1. The maximum absolute atomic E-state index is 12.3. The maximum Gasteiger partial charge on any atom is 0.326 e. The predicted octanol–water partition coefficient (Wildman–Crippen LogP) is 2.98. The van der Waals surface area contributed by atoms with Gasteiger partial charge in [-0.3, -0.25) is 4.79 Å². The van der Waals surface area contributed by atoms with Crippen molar-refractivity contribution in [3.05, 3.63) is 60.2 Å². The number of fused-ring (bicyclic) bond motifs is 1. The van der Waals surface area contributed by atoms with Gasteiger partial charge in [0.05, 0.1) is 0 Å². The van der Waals surface area contributed by atoms with Gasteiger partial charge in [-0.05, 0) is 42.7 Å². The molecule has 0 aliphatic carbocycles. The number of carboxylic acid groups (broad SMARTS) is 1. The number of aliphatic carboxylic acids is 1. The number of carboxylic acids is 1. The van der Waals surface area contributed by atoms with Crippen LogP contribution in [0.1, 0.15) is 25.8 Å². The van der Waals surface area contributed by atoms with Gasteiger partial charge >= 0.3 is 5.97 Å². The molecule has 1 amide bonds. The highest BCUT2D eigenvalue weighted by Crippen LogP contribution is 2.18. The number of likely N-dealkylation sites (N-methyl/N-ethyl adjacent to an activating group) is 1. The SMILES string of the molecule is CN(C(=O)/C=C/CC(C)(C)N)[C@H](Cc1ccc2ccccc2c1)C(=O)O. The summed E-state index contributed by atoms with van der Waals surface area (Å²) in [5, 5.41) is 11.7. The summed E-state index contributed by atoms with van der Waals surface area (Å²) in [4.78, 5) is 25.3. The van der Waals surface area contributed by atoms with E-state index in [2.05, 4.69) is 0 Å². The smallest absolute Gasteiger partial charge is 0.326 e. The summed E-state index contributed by atoms with van der Waals surface area (Å²) in [5.74, 6) is -1.37.